The number of aromatic nitrogens is 2. The number of carbonyl (C=O) groups excluding carboxylic acids is 1. The molecule has 0 bridgehead atoms. The summed E-state index contributed by atoms with van der Waals surface area (Å²) >= 11 is 1.63. The summed E-state index contributed by atoms with van der Waals surface area (Å²) in [5.41, 5.74) is 3.12. The summed E-state index contributed by atoms with van der Waals surface area (Å²) in [6, 6.07) is 14.2. The van der Waals surface area contributed by atoms with Gasteiger partial charge in [-0.3, -0.25) is 4.79 Å². The van der Waals surface area contributed by atoms with E-state index in [-0.39, 0.29) is 5.91 Å². The van der Waals surface area contributed by atoms with Crippen molar-refractivity contribution in [3.8, 4) is 22.0 Å². The van der Waals surface area contributed by atoms with Crippen molar-refractivity contribution in [1.29, 1.82) is 0 Å². The van der Waals surface area contributed by atoms with E-state index in [0.29, 0.717) is 6.54 Å². The molecule has 4 rings (SSSR count). The highest BCUT2D eigenvalue weighted by Crippen LogP contribution is 2.29. The quantitative estimate of drug-likeness (QED) is 0.673. The van der Waals surface area contributed by atoms with Gasteiger partial charge in [0.2, 0.25) is 5.91 Å². The van der Waals surface area contributed by atoms with Crippen molar-refractivity contribution in [2.75, 3.05) is 13.1 Å². The van der Waals surface area contributed by atoms with E-state index in [1.807, 2.05) is 46.0 Å². The highest BCUT2D eigenvalue weighted by molar-refractivity contribution is 7.13. The predicted octanol–water partition coefficient (Wildman–Crippen LogP) is 4.68. The fourth-order valence-electron chi connectivity index (χ4n) is 3.44. The van der Waals surface area contributed by atoms with E-state index in [2.05, 4.69) is 17.5 Å². The van der Waals surface area contributed by atoms with Crippen LogP contribution >= 0.6 is 11.3 Å². The summed E-state index contributed by atoms with van der Waals surface area (Å²) in [6.45, 7) is 2.18. The molecule has 0 atom stereocenters. The highest BCUT2D eigenvalue weighted by Gasteiger charge is 2.18. The van der Waals surface area contributed by atoms with Crippen molar-refractivity contribution in [3.63, 3.8) is 0 Å². The van der Waals surface area contributed by atoms with Crippen LogP contribution in [-0.4, -0.2) is 33.4 Å². The van der Waals surface area contributed by atoms with Crippen LogP contribution in [0.1, 0.15) is 25.7 Å². The van der Waals surface area contributed by atoms with E-state index in [4.69, 9.17) is 4.98 Å². The van der Waals surface area contributed by atoms with Crippen LogP contribution in [0, 0.1) is 0 Å². The highest BCUT2D eigenvalue weighted by atomic mass is 32.1. The Hall–Kier alpha value is -2.40. The van der Waals surface area contributed by atoms with Crippen LogP contribution in [0.3, 0.4) is 0 Å². The zero-order valence-corrected chi connectivity index (χ0v) is 15.6. The van der Waals surface area contributed by atoms with Crippen molar-refractivity contribution < 1.29 is 4.79 Å². The van der Waals surface area contributed by atoms with Gasteiger partial charge in [0, 0.05) is 30.2 Å². The van der Waals surface area contributed by atoms with Crippen LogP contribution in [0.5, 0.6) is 0 Å². The van der Waals surface area contributed by atoms with Crippen molar-refractivity contribution in [1.82, 2.24) is 14.5 Å². The van der Waals surface area contributed by atoms with Gasteiger partial charge in [-0.2, -0.15) is 0 Å². The third-order valence-corrected chi connectivity index (χ3v) is 5.75. The number of hydrogen-bond acceptors (Lipinski definition) is 3. The number of rotatable bonds is 4. The summed E-state index contributed by atoms with van der Waals surface area (Å²) < 4.78 is 2.03. The molecule has 4 nitrogen and oxygen atoms in total. The van der Waals surface area contributed by atoms with Gasteiger partial charge in [-0.05, 0) is 25.0 Å². The molecule has 0 radical (unpaired) electrons. The summed E-state index contributed by atoms with van der Waals surface area (Å²) in [4.78, 5) is 19.5. The van der Waals surface area contributed by atoms with E-state index in [1.165, 1.54) is 12.8 Å². The molecule has 0 unspecified atom stereocenters. The molecule has 5 heteroatoms. The van der Waals surface area contributed by atoms with Gasteiger partial charge < -0.3 is 9.47 Å². The number of thiazole rings is 1. The van der Waals surface area contributed by atoms with Crippen molar-refractivity contribution in [2.45, 2.75) is 32.2 Å². The first kappa shape index (κ1) is 17.0. The van der Waals surface area contributed by atoms with Crippen LogP contribution in [-0.2, 0) is 11.3 Å². The van der Waals surface area contributed by atoms with Gasteiger partial charge in [-0.15, -0.1) is 11.3 Å². The fraction of sp³-hybridized carbons (Fsp3) is 0.333. The van der Waals surface area contributed by atoms with Gasteiger partial charge in [0.1, 0.15) is 11.6 Å². The first-order chi connectivity index (χ1) is 12.8. The Morgan fingerprint density at radius 1 is 1.00 bits per heavy atom. The number of amides is 1. The predicted molar refractivity (Wildman–Crippen MR) is 106 cm³/mol. The molecule has 1 aliphatic heterocycles. The average molecular weight is 366 g/mol. The molecule has 0 saturated carbocycles. The molecule has 3 heterocycles. The molecule has 134 valence electrons. The topological polar surface area (TPSA) is 38.1 Å². The molecule has 3 aromatic rings. The number of benzene rings is 1. The lowest BCUT2D eigenvalue weighted by Crippen LogP contribution is -2.34. The largest absolute Gasteiger partial charge is 0.341 e. The van der Waals surface area contributed by atoms with E-state index >= 15 is 0 Å². The minimum absolute atomic E-state index is 0.212. The molecule has 1 saturated heterocycles. The third kappa shape index (κ3) is 3.73. The molecular weight excluding hydrogens is 342 g/mol. The van der Waals surface area contributed by atoms with Gasteiger partial charge in [-0.1, -0.05) is 43.2 Å². The minimum atomic E-state index is 0.212. The maximum atomic E-state index is 12.7. The molecule has 26 heavy (non-hydrogen) atoms. The van der Waals surface area contributed by atoms with Gasteiger partial charge >= 0.3 is 0 Å². The Morgan fingerprint density at radius 2 is 1.77 bits per heavy atom. The normalized spacial score (nSPS) is 15.0. The Balaban J connectivity index is 1.52. The first-order valence-corrected chi connectivity index (χ1v) is 10.1. The lowest BCUT2D eigenvalue weighted by molar-refractivity contribution is -0.131. The smallest absolute Gasteiger partial charge is 0.242 e. The Bertz CT molecular complexity index is 860. The molecule has 1 aromatic carbocycles. The van der Waals surface area contributed by atoms with Crippen LogP contribution in [0.4, 0.5) is 0 Å². The second kappa shape index (κ2) is 7.87. The van der Waals surface area contributed by atoms with Crippen LogP contribution in [0.15, 0.2) is 54.0 Å². The molecule has 0 aliphatic carbocycles. The Morgan fingerprint density at radius 3 is 2.54 bits per heavy atom. The molecular formula is C21H23N3OS. The summed E-state index contributed by atoms with van der Waals surface area (Å²) in [6.07, 6.45) is 6.70. The van der Waals surface area contributed by atoms with Crippen molar-refractivity contribution in [3.05, 3.63) is 54.0 Å². The molecule has 2 aromatic heterocycles. The van der Waals surface area contributed by atoms with E-state index < -0.39 is 0 Å². The van der Waals surface area contributed by atoms with Gasteiger partial charge in [0.15, 0.2) is 0 Å². The SMILES string of the molecule is O=C(Cn1cccc1-c1nc(-c2ccccc2)cs1)N1CCCCCC1. The van der Waals surface area contributed by atoms with Crippen LogP contribution in [0.2, 0.25) is 0 Å². The minimum Gasteiger partial charge on any atom is -0.341 e. The monoisotopic (exact) mass is 365 g/mol. The Labute approximate surface area is 158 Å². The lowest BCUT2D eigenvalue weighted by Gasteiger charge is -2.21. The van der Waals surface area contributed by atoms with Crippen LogP contribution in [0.25, 0.3) is 22.0 Å². The Kier molecular flexibility index (Phi) is 5.16. The molecule has 0 spiro atoms. The fourth-order valence-corrected chi connectivity index (χ4v) is 4.31. The first-order valence-electron chi connectivity index (χ1n) is 9.25. The zero-order valence-electron chi connectivity index (χ0n) is 14.8. The average Bonchev–Trinajstić information content (AvgIpc) is 3.25. The van der Waals surface area contributed by atoms with Crippen molar-refractivity contribution >= 4 is 17.2 Å². The zero-order chi connectivity index (χ0) is 17.8. The second-order valence-corrected chi connectivity index (χ2v) is 7.58. The number of carbonyl (C=O) groups is 1. The maximum absolute atomic E-state index is 12.7. The summed E-state index contributed by atoms with van der Waals surface area (Å²) in [7, 11) is 0. The third-order valence-electron chi connectivity index (χ3n) is 4.89. The number of hydrogen-bond donors (Lipinski definition) is 0. The van der Waals surface area contributed by atoms with Gasteiger partial charge in [0.25, 0.3) is 0 Å². The van der Waals surface area contributed by atoms with Crippen LogP contribution < -0.4 is 0 Å². The molecule has 0 N–H and O–H groups in total. The molecule has 1 amide bonds. The van der Waals surface area contributed by atoms with E-state index in [1.54, 1.807) is 11.3 Å². The second-order valence-electron chi connectivity index (χ2n) is 6.72. The maximum Gasteiger partial charge on any atom is 0.242 e. The van der Waals surface area contributed by atoms with Gasteiger partial charge in [-0.25, -0.2) is 4.98 Å². The molecule has 1 aliphatic rings. The summed E-state index contributed by atoms with van der Waals surface area (Å²) in [5, 5.41) is 3.04. The van der Waals surface area contributed by atoms with E-state index in [0.717, 1.165) is 47.9 Å². The van der Waals surface area contributed by atoms with E-state index in [9.17, 15) is 4.79 Å². The van der Waals surface area contributed by atoms with Crippen molar-refractivity contribution in [2.24, 2.45) is 0 Å². The molecule has 1 fully saturated rings. The lowest BCUT2D eigenvalue weighted by atomic mass is 10.2. The standard InChI is InChI=1S/C21H23N3OS/c25-20(23-12-6-1-2-7-13-23)15-24-14-8-11-19(24)21-22-18(16-26-21)17-9-4-3-5-10-17/h3-5,8-11,14,16H,1-2,6-7,12-13,15H2. The number of nitrogens with zero attached hydrogens (tertiary/aromatic N) is 3. The summed E-state index contributed by atoms with van der Waals surface area (Å²) in [5.74, 6) is 0.212. The van der Waals surface area contributed by atoms with Gasteiger partial charge in [0.05, 0.1) is 11.4 Å². The number of likely N-dealkylation sites (tertiary alicyclic amines) is 1.